The molecular formula is C24H21F2N3O. The van der Waals surface area contributed by atoms with Gasteiger partial charge in [-0.3, -0.25) is 4.90 Å². The molecule has 2 aromatic rings. The number of ether oxygens (including phenoxy) is 1. The summed E-state index contributed by atoms with van der Waals surface area (Å²) in [5.41, 5.74) is 9.89. The van der Waals surface area contributed by atoms with Gasteiger partial charge in [0.05, 0.1) is 5.92 Å². The first-order chi connectivity index (χ1) is 14.5. The molecule has 152 valence electrons. The summed E-state index contributed by atoms with van der Waals surface area (Å²) in [6, 6.07) is 14.5. The highest BCUT2D eigenvalue weighted by Crippen LogP contribution is 2.43. The van der Waals surface area contributed by atoms with Crippen LogP contribution >= 0.6 is 0 Å². The minimum absolute atomic E-state index is 0.0560. The van der Waals surface area contributed by atoms with E-state index in [2.05, 4.69) is 17.9 Å². The molecule has 1 atom stereocenters. The summed E-state index contributed by atoms with van der Waals surface area (Å²) >= 11 is 0. The molecule has 0 saturated heterocycles. The third-order valence-corrected chi connectivity index (χ3v) is 5.47. The van der Waals surface area contributed by atoms with E-state index in [-0.39, 0.29) is 17.5 Å². The van der Waals surface area contributed by atoms with Gasteiger partial charge in [-0.15, -0.1) is 0 Å². The Morgan fingerprint density at radius 1 is 1.10 bits per heavy atom. The zero-order chi connectivity index (χ0) is 21.3. The van der Waals surface area contributed by atoms with Crippen LogP contribution in [0.15, 0.2) is 76.9 Å². The van der Waals surface area contributed by atoms with Crippen molar-refractivity contribution in [2.75, 3.05) is 19.6 Å². The number of rotatable bonds is 3. The fraction of sp³-hybridized carbons (Fsp3) is 0.208. The number of allylic oxidation sites excluding steroid dienone is 1. The molecule has 0 unspecified atom stereocenters. The molecule has 2 aliphatic heterocycles. The summed E-state index contributed by atoms with van der Waals surface area (Å²) in [6.45, 7) is 4.10. The molecule has 2 N–H and O–H groups in total. The van der Waals surface area contributed by atoms with Gasteiger partial charge in [0.15, 0.2) is 0 Å². The summed E-state index contributed by atoms with van der Waals surface area (Å²) in [5, 5.41) is 9.76. The first-order valence-corrected chi connectivity index (χ1v) is 9.75. The Bertz CT molecular complexity index is 1090. The molecule has 0 radical (unpaired) electrons. The number of nitrogens with zero attached hydrogens (tertiary/aromatic N) is 2. The maximum absolute atomic E-state index is 13.5. The molecule has 0 amide bonds. The van der Waals surface area contributed by atoms with E-state index in [1.165, 1.54) is 24.3 Å². The third kappa shape index (κ3) is 3.72. The summed E-state index contributed by atoms with van der Waals surface area (Å²) in [6.07, 6.45) is 1.95. The Balaban J connectivity index is 1.86. The molecule has 2 aromatic carbocycles. The highest BCUT2D eigenvalue weighted by atomic mass is 19.1. The van der Waals surface area contributed by atoms with Gasteiger partial charge in [0.25, 0.3) is 0 Å². The van der Waals surface area contributed by atoms with Crippen molar-refractivity contribution < 1.29 is 13.5 Å². The Hall–Kier alpha value is -3.43. The molecule has 6 heteroatoms. The molecular weight excluding hydrogens is 384 g/mol. The van der Waals surface area contributed by atoms with Gasteiger partial charge in [-0.05, 0) is 53.6 Å². The van der Waals surface area contributed by atoms with Crippen LogP contribution in [0.25, 0.3) is 6.08 Å². The number of nitriles is 1. The van der Waals surface area contributed by atoms with E-state index in [0.717, 1.165) is 28.8 Å². The molecule has 4 rings (SSSR count). The lowest BCUT2D eigenvalue weighted by Gasteiger charge is -2.38. The van der Waals surface area contributed by atoms with Crippen molar-refractivity contribution in [2.24, 2.45) is 5.73 Å². The smallest absolute Gasteiger partial charge is 0.205 e. The van der Waals surface area contributed by atoms with Gasteiger partial charge in [-0.1, -0.05) is 31.2 Å². The zero-order valence-corrected chi connectivity index (χ0v) is 16.5. The van der Waals surface area contributed by atoms with Crippen LogP contribution in [0.2, 0.25) is 0 Å². The number of hydrogen-bond acceptors (Lipinski definition) is 4. The van der Waals surface area contributed by atoms with Crippen molar-refractivity contribution in [3.8, 4) is 6.07 Å². The van der Waals surface area contributed by atoms with Crippen molar-refractivity contribution in [1.29, 1.82) is 5.26 Å². The van der Waals surface area contributed by atoms with Crippen molar-refractivity contribution >= 4 is 6.08 Å². The van der Waals surface area contributed by atoms with Crippen molar-refractivity contribution in [3.05, 3.63) is 99.7 Å². The Kier molecular flexibility index (Phi) is 5.39. The minimum Gasteiger partial charge on any atom is -0.440 e. The predicted octanol–water partition coefficient (Wildman–Crippen LogP) is 4.45. The molecule has 0 bridgehead atoms. The first-order valence-electron chi connectivity index (χ1n) is 9.75. The van der Waals surface area contributed by atoms with E-state index in [4.69, 9.17) is 10.5 Å². The van der Waals surface area contributed by atoms with Crippen LogP contribution in [-0.4, -0.2) is 24.5 Å². The number of likely N-dealkylation sites (N-methyl/N-ethyl adjacent to an activating group) is 1. The quantitative estimate of drug-likeness (QED) is 0.820. The van der Waals surface area contributed by atoms with E-state index in [1.54, 1.807) is 24.3 Å². The second-order valence-corrected chi connectivity index (χ2v) is 7.36. The maximum Gasteiger partial charge on any atom is 0.205 e. The zero-order valence-electron chi connectivity index (χ0n) is 16.5. The van der Waals surface area contributed by atoms with E-state index in [9.17, 15) is 14.0 Å². The Morgan fingerprint density at radius 3 is 2.33 bits per heavy atom. The van der Waals surface area contributed by atoms with E-state index in [1.807, 2.05) is 6.08 Å². The fourth-order valence-electron chi connectivity index (χ4n) is 3.96. The topological polar surface area (TPSA) is 62.3 Å². The van der Waals surface area contributed by atoms with Crippen molar-refractivity contribution in [2.45, 2.75) is 12.8 Å². The van der Waals surface area contributed by atoms with Gasteiger partial charge in [-0.25, -0.2) is 8.78 Å². The van der Waals surface area contributed by atoms with Gasteiger partial charge in [0.2, 0.25) is 5.88 Å². The third-order valence-electron chi connectivity index (χ3n) is 5.47. The fourth-order valence-corrected chi connectivity index (χ4v) is 3.96. The summed E-state index contributed by atoms with van der Waals surface area (Å²) < 4.78 is 32.8. The minimum atomic E-state index is -0.412. The van der Waals surface area contributed by atoms with Crippen molar-refractivity contribution in [1.82, 2.24) is 4.90 Å². The number of hydrogen-bond donors (Lipinski definition) is 1. The highest BCUT2D eigenvalue weighted by molar-refractivity contribution is 5.63. The molecule has 30 heavy (non-hydrogen) atoms. The van der Waals surface area contributed by atoms with Gasteiger partial charge in [-0.2, -0.15) is 5.26 Å². The highest BCUT2D eigenvalue weighted by Gasteiger charge is 2.37. The molecule has 2 aliphatic rings. The van der Waals surface area contributed by atoms with Crippen LogP contribution in [0.4, 0.5) is 8.78 Å². The van der Waals surface area contributed by atoms with Crippen molar-refractivity contribution in [3.63, 3.8) is 0 Å². The number of benzene rings is 2. The second-order valence-electron chi connectivity index (χ2n) is 7.36. The largest absolute Gasteiger partial charge is 0.440 e. The predicted molar refractivity (Wildman–Crippen MR) is 111 cm³/mol. The molecule has 0 aliphatic carbocycles. The SMILES string of the molecule is CCN1CC2=C(OC(N)=C(C#N)[C@@H]2c2ccc(F)cc2)/C(=C\c2ccc(F)cc2)C1. The number of halogens is 2. The van der Waals surface area contributed by atoms with Crippen LogP contribution in [0.1, 0.15) is 24.0 Å². The standard InChI is InChI=1S/C24H21F2N3O/c1-2-29-13-17(11-15-3-7-18(25)8-4-15)23-21(14-29)22(20(12-27)24(28)30-23)16-5-9-19(26)10-6-16/h3-11,22H,2,13-14,28H2,1H3/b17-11-/t22-/m0/s1. The van der Waals surface area contributed by atoms with Crippen LogP contribution in [0, 0.1) is 23.0 Å². The van der Waals surface area contributed by atoms with Crippen LogP contribution in [0.5, 0.6) is 0 Å². The Morgan fingerprint density at radius 2 is 1.73 bits per heavy atom. The van der Waals surface area contributed by atoms with Crippen LogP contribution in [0.3, 0.4) is 0 Å². The summed E-state index contributed by atoms with van der Waals surface area (Å²) in [4.78, 5) is 2.23. The van der Waals surface area contributed by atoms with Gasteiger partial charge in [0, 0.05) is 18.7 Å². The van der Waals surface area contributed by atoms with Gasteiger partial charge >= 0.3 is 0 Å². The first kappa shape index (κ1) is 19.9. The van der Waals surface area contributed by atoms with Crippen LogP contribution < -0.4 is 5.73 Å². The Labute approximate surface area is 174 Å². The molecule has 0 spiro atoms. The lowest BCUT2D eigenvalue weighted by atomic mass is 9.80. The summed E-state index contributed by atoms with van der Waals surface area (Å²) in [7, 11) is 0. The van der Waals surface area contributed by atoms with Gasteiger partial charge < -0.3 is 10.5 Å². The average molecular weight is 405 g/mol. The van der Waals surface area contributed by atoms with E-state index >= 15 is 0 Å². The molecule has 0 saturated carbocycles. The lowest BCUT2D eigenvalue weighted by molar-refractivity contribution is 0.239. The monoisotopic (exact) mass is 405 g/mol. The van der Waals surface area contributed by atoms with E-state index in [0.29, 0.717) is 24.4 Å². The van der Waals surface area contributed by atoms with E-state index < -0.39 is 5.92 Å². The molecule has 0 fully saturated rings. The summed E-state index contributed by atoms with van der Waals surface area (Å²) in [5.74, 6) is -0.362. The molecule has 2 heterocycles. The second kappa shape index (κ2) is 8.13. The lowest BCUT2D eigenvalue weighted by Crippen LogP contribution is -2.38. The average Bonchev–Trinajstić information content (AvgIpc) is 2.75. The molecule has 0 aromatic heterocycles. The molecule has 4 nitrogen and oxygen atoms in total. The van der Waals surface area contributed by atoms with Gasteiger partial charge in [0.1, 0.15) is 29.0 Å². The normalized spacial score (nSPS) is 20.7. The maximum atomic E-state index is 13.5. The number of nitrogens with two attached hydrogens (primary N) is 1. The van der Waals surface area contributed by atoms with Crippen LogP contribution in [-0.2, 0) is 4.74 Å².